The Morgan fingerprint density at radius 2 is 1.94 bits per heavy atom. The monoisotopic (exact) mass is 474 g/mol. The Bertz CT molecular complexity index is 1260. The second kappa shape index (κ2) is 9.19. The topological polar surface area (TPSA) is 97.4 Å². The van der Waals surface area contributed by atoms with Crippen LogP contribution in [0.25, 0.3) is 10.9 Å². The minimum Gasteiger partial charge on any atom is -0.351 e. The summed E-state index contributed by atoms with van der Waals surface area (Å²) in [6, 6.07) is 6.93. The van der Waals surface area contributed by atoms with Gasteiger partial charge in [-0.2, -0.15) is 0 Å². The van der Waals surface area contributed by atoms with Crippen LogP contribution in [0.4, 0.5) is 13.6 Å². The molecule has 1 aliphatic rings. The second-order valence-electron chi connectivity index (χ2n) is 7.88. The molecule has 0 saturated carbocycles. The van der Waals surface area contributed by atoms with E-state index in [0.717, 1.165) is 4.57 Å². The highest BCUT2D eigenvalue weighted by Crippen LogP contribution is 2.25. The molecule has 3 amide bonds. The number of carbonyl (C=O) groups is 3. The number of fused-ring (bicyclic) bond motifs is 1. The number of amides is 3. The fourth-order valence-corrected chi connectivity index (χ4v) is 4.38. The maximum Gasteiger partial charge on any atom is 0.323 e. The Hall–Kier alpha value is -3.46. The zero-order valence-corrected chi connectivity index (χ0v) is 18.2. The van der Waals surface area contributed by atoms with E-state index >= 15 is 0 Å². The summed E-state index contributed by atoms with van der Waals surface area (Å²) in [5.74, 6) is -1.85. The molecule has 1 aliphatic heterocycles. The lowest BCUT2D eigenvalue weighted by molar-refractivity contribution is -0.138. The first-order chi connectivity index (χ1) is 15.8. The molecule has 33 heavy (non-hydrogen) atoms. The largest absolute Gasteiger partial charge is 0.351 e. The molecule has 0 spiro atoms. The molecule has 2 heterocycles. The van der Waals surface area contributed by atoms with E-state index < -0.39 is 29.6 Å². The van der Waals surface area contributed by atoms with E-state index in [-0.39, 0.29) is 29.5 Å². The van der Waals surface area contributed by atoms with Crippen LogP contribution in [0.5, 0.6) is 0 Å². The lowest BCUT2D eigenvalue weighted by Gasteiger charge is -2.24. The van der Waals surface area contributed by atoms with Gasteiger partial charge >= 0.3 is 6.03 Å². The van der Waals surface area contributed by atoms with E-state index in [2.05, 4.69) is 5.32 Å². The number of hydrogen-bond donors (Lipinski definition) is 2. The van der Waals surface area contributed by atoms with Crippen LogP contribution in [0, 0.1) is 11.6 Å². The van der Waals surface area contributed by atoms with Crippen molar-refractivity contribution in [2.75, 3.05) is 6.54 Å². The smallest absolute Gasteiger partial charge is 0.323 e. The normalized spacial score (nSPS) is 15.7. The molecular weight excluding hydrogens is 454 g/mol. The lowest BCUT2D eigenvalue weighted by atomic mass is 10.1. The van der Waals surface area contributed by atoms with Crippen molar-refractivity contribution in [1.29, 1.82) is 0 Å². The Kier molecular flexibility index (Phi) is 6.33. The number of benzene rings is 2. The molecular formula is C23H21ClF2N4O3. The number of hydrogen-bond acceptors (Lipinski definition) is 3. The molecule has 1 atom stereocenters. The minimum atomic E-state index is -0.753. The van der Waals surface area contributed by atoms with Crippen LogP contribution in [0.2, 0.25) is 5.02 Å². The van der Waals surface area contributed by atoms with Gasteiger partial charge < -0.3 is 16.0 Å². The molecule has 10 heteroatoms. The number of nitrogens with two attached hydrogens (primary N) is 1. The van der Waals surface area contributed by atoms with Gasteiger partial charge in [-0.25, -0.2) is 13.6 Å². The maximum absolute atomic E-state index is 14.1. The van der Waals surface area contributed by atoms with Crippen molar-refractivity contribution >= 4 is 40.3 Å². The van der Waals surface area contributed by atoms with Crippen molar-refractivity contribution in [3.8, 4) is 0 Å². The SMILES string of the molecule is NC(=O)n1cc(CC(=O)N2CCC[C@H]2C(=O)NCc2cccc(Cl)c2F)c2cc(F)ccc21. The standard InChI is InChI=1S/C23H21ClF2N4O3/c24-17-4-1-3-13(21(17)26)11-28-22(32)19-5-2-8-29(19)20(31)9-14-12-30(23(27)33)18-7-6-15(25)10-16(14)18/h1,3-4,6-7,10,12,19H,2,5,8-9,11H2,(H2,27,33)(H,28,32)/t19-/m0/s1. The number of halogens is 3. The molecule has 1 aromatic heterocycles. The summed E-state index contributed by atoms with van der Waals surface area (Å²) < 4.78 is 29.0. The molecule has 2 aromatic carbocycles. The number of nitrogens with one attached hydrogen (secondary N) is 1. The summed E-state index contributed by atoms with van der Waals surface area (Å²) in [6.45, 7) is 0.320. The highest BCUT2D eigenvalue weighted by atomic mass is 35.5. The summed E-state index contributed by atoms with van der Waals surface area (Å²) in [6.07, 6.45) is 2.38. The number of aromatic nitrogens is 1. The van der Waals surface area contributed by atoms with Crippen LogP contribution in [0.1, 0.15) is 24.0 Å². The predicted octanol–water partition coefficient (Wildman–Crippen LogP) is 3.35. The van der Waals surface area contributed by atoms with E-state index in [1.807, 2.05) is 0 Å². The zero-order chi connectivity index (χ0) is 23.7. The number of carbonyl (C=O) groups excluding carboxylic acids is 3. The van der Waals surface area contributed by atoms with Crippen LogP contribution in [0.3, 0.4) is 0 Å². The lowest BCUT2D eigenvalue weighted by Crippen LogP contribution is -2.46. The highest BCUT2D eigenvalue weighted by Gasteiger charge is 2.34. The van der Waals surface area contributed by atoms with Crippen molar-refractivity contribution < 1.29 is 23.2 Å². The van der Waals surface area contributed by atoms with Gasteiger partial charge in [0.15, 0.2) is 0 Å². The van der Waals surface area contributed by atoms with Gasteiger partial charge in [-0.05, 0) is 42.7 Å². The van der Waals surface area contributed by atoms with Crippen molar-refractivity contribution in [3.05, 3.63) is 70.4 Å². The number of nitrogens with zero attached hydrogens (tertiary/aromatic N) is 2. The van der Waals surface area contributed by atoms with Gasteiger partial charge in [0.1, 0.15) is 17.7 Å². The van der Waals surface area contributed by atoms with Crippen LogP contribution in [-0.4, -0.2) is 39.9 Å². The van der Waals surface area contributed by atoms with Gasteiger partial charge in [-0.3, -0.25) is 14.2 Å². The Balaban J connectivity index is 1.49. The molecule has 1 saturated heterocycles. The Morgan fingerprint density at radius 1 is 1.15 bits per heavy atom. The number of primary amides is 1. The minimum absolute atomic E-state index is 0.0361. The average Bonchev–Trinajstić information content (AvgIpc) is 3.40. The fourth-order valence-electron chi connectivity index (χ4n) is 4.18. The first kappa shape index (κ1) is 22.7. The van der Waals surface area contributed by atoms with E-state index in [9.17, 15) is 23.2 Å². The Labute approximate surface area is 193 Å². The molecule has 0 bridgehead atoms. The van der Waals surface area contributed by atoms with E-state index in [4.69, 9.17) is 17.3 Å². The quantitative estimate of drug-likeness (QED) is 0.593. The van der Waals surface area contributed by atoms with E-state index in [1.54, 1.807) is 6.07 Å². The third-order valence-electron chi connectivity index (χ3n) is 5.79. The van der Waals surface area contributed by atoms with Gasteiger partial charge in [-0.15, -0.1) is 0 Å². The first-order valence-electron chi connectivity index (χ1n) is 10.4. The van der Waals surface area contributed by atoms with Crippen molar-refractivity contribution in [3.63, 3.8) is 0 Å². The summed E-state index contributed by atoms with van der Waals surface area (Å²) in [5, 5.41) is 3.03. The first-order valence-corrected chi connectivity index (χ1v) is 10.7. The summed E-state index contributed by atoms with van der Waals surface area (Å²) in [7, 11) is 0. The van der Waals surface area contributed by atoms with Crippen LogP contribution < -0.4 is 11.1 Å². The molecule has 0 unspecified atom stereocenters. The maximum atomic E-state index is 14.1. The molecule has 1 fully saturated rings. The molecule has 4 rings (SSSR count). The van der Waals surface area contributed by atoms with Crippen LogP contribution in [-0.2, 0) is 22.6 Å². The number of likely N-dealkylation sites (tertiary alicyclic amines) is 1. The van der Waals surface area contributed by atoms with Gasteiger partial charge in [0.05, 0.1) is 17.0 Å². The van der Waals surface area contributed by atoms with Gasteiger partial charge in [0, 0.05) is 30.2 Å². The van der Waals surface area contributed by atoms with Gasteiger partial charge in [0.2, 0.25) is 11.8 Å². The van der Waals surface area contributed by atoms with E-state index in [0.29, 0.717) is 35.9 Å². The zero-order valence-electron chi connectivity index (χ0n) is 17.5. The molecule has 7 nitrogen and oxygen atoms in total. The Morgan fingerprint density at radius 3 is 2.70 bits per heavy atom. The summed E-state index contributed by atoms with van der Waals surface area (Å²) in [4.78, 5) is 39.0. The number of rotatable bonds is 5. The van der Waals surface area contributed by atoms with Crippen LogP contribution >= 0.6 is 11.6 Å². The van der Waals surface area contributed by atoms with Crippen LogP contribution in [0.15, 0.2) is 42.6 Å². The fraction of sp³-hybridized carbons (Fsp3) is 0.261. The molecule has 0 aliphatic carbocycles. The van der Waals surface area contributed by atoms with Gasteiger partial charge in [0.25, 0.3) is 0 Å². The van der Waals surface area contributed by atoms with Crippen molar-refractivity contribution in [2.45, 2.75) is 31.8 Å². The molecule has 3 aromatic rings. The second-order valence-corrected chi connectivity index (χ2v) is 8.28. The molecule has 172 valence electrons. The molecule has 3 N–H and O–H groups in total. The molecule has 0 radical (unpaired) electrons. The highest BCUT2D eigenvalue weighted by molar-refractivity contribution is 6.30. The third kappa shape index (κ3) is 4.54. The van der Waals surface area contributed by atoms with E-state index in [1.165, 1.54) is 41.4 Å². The summed E-state index contributed by atoms with van der Waals surface area (Å²) >= 11 is 5.78. The van der Waals surface area contributed by atoms with Gasteiger partial charge in [-0.1, -0.05) is 23.7 Å². The summed E-state index contributed by atoms with van der Waals surface area (Å²) in [5.41, 5.74) is 6.46. The van der Waals surface area contributed by atoms with Crippen molar-refractivity contribution in [1.82, 2.24) is 14.8 Å². The van der Waals surface area contributed by atoms with Crippen molar-refractivity contribution in [2.24, 2.45) is 5.73 Å². The third-order valence-corrected chi connectivity index (χ3v) is 6.08. The predicted molar refractivity (Wildman–Crippen MR) is 119 cm³/mol. The average molecular weight is 475 g/mol.